The Bertz CT molecular complexity index is 961. The highest BCUT2D eigenvalue weighted by Gasteiger charge is 2.33. The second kappa shape index (κ2) is 11.5. The predicted molar refractivity (Wildman–Crippen MR) is 126 cm³/mol. The van der Waals surface area contributed by atoms with Crippen molar-refractivity contribution in [3.63, 3.8) is 0 Å². The van der Waals surface area contributed by atoms with Gasteiger partial charge in [-0.25, -0.2) is 0 Å². The number of anilines is 1. The van der Waals surface area contributed by atoms with Crippen molar-refractivity contribution in [1.82, 2.24) is 4.90 Å². The highest BCUT2D eigenvalue weighted by atomic mass is 35.5. The monoisotopic (exact) mass is 502 g/mol. The summed E-state index contributed by atoms with van der Waals surface area (Å²) >= 11 is 8.01. The Hall–Kier alpha value is -1.94. The van der Waals surface area contributed by atoms with E-state index < -0.39 is 18.6 Å². The van der Waals surface area contributed by atoms with Gasteiger partial charge in [-0.1, -0.05) is 42.3 Å². The number of nitrogens with zero attached hydrogens (tertiary/aromatic N) is 1. The summed E-state index contributed by atoms with van der Waals surface area (Å²) in [7, 11) is 0. The number of likely N-dealkylation sites (tertiary alicyclic amines) is 1. The van der Waals surface area contributed by atoms with Gasteiger partial charge in [0.1, 0.15) is 12.0 Å². The molecular weight excluding hydrogens is 477 g/mol. The molecule has 10 heteroatoms. The Balaban J connectivity index is 1.76. The molecule has 2 aromatic carbocycles. The highest BCUT2D eigenvalue weighted by molar-refractivity contribution is 7.98. The lowest BCUT2D eigenvalue weighted by Gasteiger charge is -2.37. The van der Waals surface area contributed by atoms with E-state index in [2.05, 4.69) is 10.1 Å². The van der Waals surface area contributed by atoms with Gasteiger partial charge in [0.2, 0.25) is 5.91 Å². The van der Waals surface area contributed by atoms with Crippen molar-refractivity contribution in [1.29, 1.82) is 0 Å². The number of carbonyl (C=O) groups excluding carboxylic acids is 1. The maximum Gasteiger partial charge on any atom is 0.573 e. The maximum absolute atomic E-state index is 13.0. The average molecular weight is 503 g/mol. The van der Waals surface area contributed by atoms with Crippen LogP contribution in [0.3, 0.4) is 0 Å². The molecule has 0 spiro atoms. The first-order valence-electron chi connectivity index (χ1n) is 10.6. The van der Waals surface area contributed by atoms with E-state index >= 15 is 0 Å². The van der Waals surface area contributed by atoms with Crippen molar-refractivity contribution >= 4 is 35.0 Å². The lowest BCUT2D eigenvalue weighted by Crippen LogP contribution is -2.52. The van der Waals surface area contributed by atoms with Crippen LogP contribution in [-0.2, 0) is 4.79 Å². The third-order valence-corrected chi connectivity index (χ3v) is 6.41. The van der Waals surface area contributed by atoms with Crippen LogP contribution in [0.25, 0.3) is 11.1 Å². The van der Waals surface area contributed by atoms with Gasteiger partial charge in [-0.3, -0.25) is 9.69 Å². The number of halogens is 4. The Morgan fingerprint density at radius 1 is 1.27 bits per heavy atom. The molecule has 0 radical (unpaired) electrons. The number of piperidine rings is 1. The summed E-state index contributed by atoms with van der Waals surface area (Å²) in [6, 6.07) is 9.89. The molecule has 2 N–H and O–H groups in total. The molecule has 180 valence electrons. The average Bonchev–Trinajstić information content (AvgIpc) is 2.77. The molecule has 0 aliphatic carbocycles. The number of hydrogen-bond acceptors (Lipinski definition) is 5. The van der Waals surface area contributed by atoms with Crippen molar-refractivity contribution in [2.75, 3.05) is 23.9 Å². The van der Waals surface area contributed by atoms with Crippen LogP contribution in [0.1, 0.15) is 25.7 Å². The van der Waals surface area contributed by atoms with Crippen molar-refractivity contribution in [2.24, 2.45) is 0 Å². The number of thioether (sulfide) groups is 1. The fourth-order valence-electron chi connectivity index (χ4n) is 3.92. The summed E-state index contributed by atoms with van der Waals surface area (Å²) in [5, 5.41) is 13.5. The van der Waals surface area contributed by atoms with Gasteiger partial charge in [-0.15, -0.1) is 13.2 Å². The van der Waals surface area contributed by atoms with Gasteiger partial charge in [0, 0.05) is 23.4 Å². The van der Waals surface area contributed by atoms with E-state index in [0.717, 1.165) is 18.6 Å². The summed E-state index contributed by atoms with van der Waals surface area (Å²) in [6.45, 7) is 0.642. The summed E-state index contributed by atoms with van der Waals surface area (Å²) < 4.78 is 42.4. The largest absolute Gasteiger partial charge is 0.573 e. The molecule has 1 aliphatic rings. The zero-order chi connectivity index (χ0) is 24.0. The molecule has 3 rings (SSSR count). The van der Waals surface area contributed by atoms with Gasteiger partial charge in [0.05, 0.1) is 11.1 Å². The van der Waals surface area contributed by atoms with E-state index in [4.69, 9.17) is 11.6 Å². The summed E-state index contributed by atoms with van der Waals surface area (Å²) in [4.78, 5) is 14.8. The van der Waals surface area contributed by atoms with Crippen molar-refractivity contribution in [3.05, 3.63) is 47.5 Å². The molecule has 0 aromatic heterocycles. The van der Waals surface area contributed by atoms with Crippen molar-refractivity contribution < 1.29 is 27.8 Å². The number of benzene rings is 2. The Morgan fingerprint density at radius 2 is 2.03 bits per heavy atom. The van der Waals surface area contributed by atoms with Gasteiger partial charge in [0.15, 0.2) is 0 Å². The number of alkyl halides is 3. The number of carbonyl (C=O) groups is 1. The first-order valence-corrected chi connectivity index (χ1v) is 12.3. The van der Waals surface area contributed by atoms with Crippen LogP contribution in [0.5, 0.6) is 5.75 Å². The smallest absolute Gasteiger partial charge is 0.405 e. The van der Waals surface area contributed by atoms with Gasteiger partial charge in [-0.2, -0.15) is 11.8 Å². The number of rotatable bonds is 8. The molecule has 5 nitrogen and oxygen atoms in total. The third-order valence-electron chi connectivity index (χ3n) is 5.45. The second-order valence-corrected chi connectivity index (χ2v) is 9.13. The fraction of sp³-hybridized carbons (Fsp3) is 0.435. The Labute approximate surface area is 200 Å². The van der Waals surface area contributed by atoms with Crippen LogP contribution in [0.4, 0.5) is 18.9 Å². The molecule has 0 saturated carbocycles. The number of aliphatic hydroxyl groups excluding tert-OH is 1. The quantitative estimate of drug-likeness (QED) is 0.480. The molecule has 1 heterocycles. The number of para-hydroxylation sites is 1. The van der Waals surface area contributed by atoms with Crippen LogP contribution in [0, 0.1) is 0 Å². The molecule has 1 fully saturated rings. The number of ether oxygens (including phenoxy) is 1. The first-order chi connectivity index (χ1) is 15.7. The van der Waals surface area contributed by atoms with Crippen LogP contribution in [0.15, 0.2) is 42.5 Å². The lowest BCUT2D eigenvalue weighted by atomic mass is 10.00. The van der Waals surface area contributed by atoms with Crippen LogP contribution < -0.4 is 10.1 Å². The Morgan fingerprint density at radius 3 is 2.73 bits per heavy atom. The van der Waals surface area contributed by atoms with Crippen LogP contribution >= 0.6 is 23.4 Å². The van der Waals surface area contributed by atoms with E-state index in [0.29, 0.717) is 30.6 Å². The summed E-state index contributed by atoms with van der Waals surface area (Å²) in [5.74, 6) is 0.186. The predicted octanol–water partition coefficient (Wildman–Crippen LogP) is 5.77. The van der Waals surface area contributed by atoms with Gasteiger partial charge in [-0.05, 0) is 49.5 Å². The van der Waals surface area contributed by atoms with Gasteiger partial charge in [0.25, 0.3) is 0 Å². The van der Waals surface area contributed by atoms with Gasteiger partial charge < -0.3 is 15.2 Å². The van der Waals surface area contributed by atoms with E-state index in [-0.39, 0.29) is 22.2 Å². The summed E-state index contributed by atoms with van der Waals surface area (Å²) in [5.41, 5.74) is 0.960. The molecular formula is C23H26ClF3N2O3S. The molecule has 2 unspecified atom stereocenters. The SMILES string of the molecule is CSCCC(O)N1CCCCC1C(=O)Nc1ccc(-c2ccccc2OC(F)(F)F)c(Cl)c1. The minimum atomic E-state index is -4.83. The molecule has 2 atom stereocenters. The molecule has 33 heavy (non-hydrogen) atoms. The normalized spacial score (nSPS) is 18.1. The number of nitrogens with one attached hydrogen (secondary N) is 1. The zero-order valence-electron chi connectivity index (χ0n) is 18.1. The molecule has 1 amide bonds. The second-order valence-electron chi connectivity index (χ2n) is 7.74. The maximum atomic E-state index is 13.0. The van der Waals surface area contributed by atoms with E-state index in [1.807, 2.05) is 11.2 Å². The van der Waals surface area contributed by atoms with E-state index in [9.17, 15) is 23.1 Å². The van der Waals surface area contributed by atoms with Crippen molar-refractivity contribution in [3.8, 4) is 16.9 Å². The number of aliphatic hydroxyl groups is 1. The zero-order valence-corrected chi connectivity index (χ0v) is 19.6. The van der Waals surface area contributed by atoms with E-state index in [1.165, 1.54) is 24.3 Å². The summed E-state index contributed by atoms with van der Waals surface area (Å²) in [6.07, 6.45) is -0.540. The fourth-order valence-corrected chi connectivity index (χ4v) is 4.65. The number of amides is 1. The molecule has 1 saturated heterocycles. The number of hydrogen-bond donors (Lipinski definition) is 2. The van der Waals surface area contributed by atoms with Crippen LogP contribution in [0.2, 0.25) is 5.02 Å². The van der Waals surface area contributed by atoms with Crippen molar-refractivity contribution in [2.45, 2.75) is 44.3 Å². The van der Waals surface area contributed by atoms with Crippen LogP contribution in [-0.4, -0.2) is 53.1 Å². The minimum absolute atomic E-state index is 0.173. The topological polar surface area (TPSA) is 61.8 Å². The lowest BCUT2D eigenvalue weighted by molar-refractivity contribution is -0.274. The third kappa shape index (κ3) is 7.02. The molecule has 2 aromatic rings. The molecule has 0 bridgehead atoms. The van der Waals surface area contributed by atoms with E-state index in [1.54, 1.807) is 30.0 Å². The minimum Gasteiger partial charge on any atom is -0.405 e. The molecule has 1 aliphatic heterocycles. The first kappa shape index (κ1) is 25.7. The van der Waals surface area contributed by atoms with Gasteiger partial charge >= 0.3 is 6.36 Å². The Kier molecular flexibility index (Phi) is 8.92. The standard InChI is InChI=1S/C23H26ClF3N2O3S/c1-33-13-11-21(30)29-12-5-4-7-19(29)22(31)28-15-9-10-16(18(24)14-15)17-6-2-3-8-20(17)32-23(25,26)27/h2-3,6,8-10,14,19,21,30H,4-5,7,11-13H2,1H3,(H,28,31). The highest BCUT2D eigenvalue weighted by Crippen LogP contribution is 2.38.